The number of carbonyl (C=O) groups is 6. The lowest BCUT2D eigenvalue weighted by Crippen LogP contribution is -2.11. The number of hydrogen-bond acceptors (Lipinski definition) is 15. The lowest BCUT2D eigenvalue weighted by molar-refractivity contribution is -0.139. The van der Waals surface area contributed by atoms with Crippen LogP contribution in [0.2, 0.25) is 0 Å². The maximum absolute atomic E-state index is 13.6. The number of esters is 6. The van der Waals surface area contributed by atoms with Crippen LogP contribution in [0.5, 0.6) is 34.5 Å². The lowest BCUT2D eigenvalue weighted by Gasteiger charge is -2.14. The number of carbonyl (C=O) groups excluding carboxylic acids is 6. The highest BCUT2D eigenvalue weighted by molar-refractivity contribution is 5.98. The lowest BCUT2D eigenvalue weighted by atomic mass is 10.1. The molecule has 6 aromatic rings. The van der Waals surface area contributed by atoms with E-state index in [4.69, 9.17) is 42.6 Å². The third kappa shape index (κ3) is 20.5. The van der Waals surface area contributed by atoms with Gasteiger partial charge in [-0.15, -0.1) is 0 Å². The first-order valence-electron chi connectivity index (χ1n) is 27.6. The second-order valence-electron chi connectivity index (χ2n) is 19.2. The van der Waals surface area contributed by atoms with E-state index < -0.39 is 29.8 Å². The van der Waals surface area contributed by atoms with Crippen LogP contribution in [-0.2, 0) is 35.0 Å². The van der Waals surface area contributed by atoms with E-state index in [9.17, 15) is 28.8 Å². The van der Waals surface area contributed by atoms with Crippen molar-refractivity contribution in [1.29, 1.82) is 0 Å². The van der Waals surface area contributed by atoms with Crippen LogP contribution in [0.15, 0.2) is 147 Å². The van der Waals surface area contributed by atoms with Crippen LogP contribution >= 0.6 is 0 Å². The Hall–Kier alpha value is -8.72. The van der Waals surface area contributed by atoms with Gasteiger partial charge in [-0.25, -0.2) is 28.8 Å². The minimum Gasteiger partial charge on any atom is -0.494 e. The standard InChI is InChI=1S/C66H72O15/c1-6-21-51-44-57(80-64(70)52-24-22-49-42-55(29-26-47(49)40-52)73-34-15-9-14-20-39-78-63(69)46(4)5)31-33-58(51)81-66(72)53-25-23-50-43-56(30-27-48(50)41-53)79-65(71)54-28-32-59(74-35-16-10-12-18-37-76-61(67)7-2)60(45-54)75-36-17-11-13-19-38-77-62(68)8-3/h7-8,22-33,40-45H,2-4,6,9-21,34-39H2,1,5H3. The fraction of sp³-hybridized carbons (Fsp3) is 0.333. The van der Waals surface area contributed by atoms with Crippen LogP contribution in [0.4, 0.5) is 0 Å². The normalized spacial score (nSPS) is 10.8. The molecule has 0 aliphatic carbocycles. The van der Waals surface area contributed by atoms with Crippen molar-refractivity contribution in [1.82, 2.24) is 0 Å². The van der Waals surface area contributed by atoms with E-state index in [1.54, 1.807) is 91.9 Å². The molecule has 6 rings (SSSR count). The van der Waals surface area contributed by atoms with Gasteiger partial charge >= 0.3 is 35.8 Å². The van der Waals surface area contributed by atoms with Gasteiger partial charge in [0.2, 0.25) is 0 Å². The van der Waals surface area contributed by atoms with E-state index in [-0.39, 0.29) is 11.5 Å². The number of rotatable bonds is 35. The first kappa shape index (κ1) is 61.5. The average Bonchev–Trinajstić information content (AvgIpc) is 3.47. The molecule has 0 heterocycles. The van der Waals surface area contributed by atoms with Gasteiger partial charge < -0.3 is 42.6 Å². The van der Waals surface area contributed by atoms with Crippen LogP contribution in [0, 0.1) is 0 Å². The summed E-state index contributed by atoms with van der Waals surface area (Å²) in [4.78, 5) is 74.7. The third-order valence-electron chi connectivity index (χ3n) is 12.8. The molecule has 81 heavy (non-hydrogen) atoms. The fourth-order valence-electron chi connectivity index (χ4n) is 8.37. The molecule has 0 fully saturated rings. The van der Waals surface area contributed by atoms with Gasteiger partial charge in [-0.05, 0) is 202 Å². The maximum Gasteiger partial charge on any atom is 0.343 e. The second-order valence-corrected chi connectivity index (χ2v) is 19.2. The van der Waals surface area contributed by atoms with Crippen LogP contribution in [-0.4, -0.2) is 75.5 Å². The molecular formula is C66H72O15. The van der Waals surface area contributed by atoms with Gasteiger partial charge in [-0.1, -0.05) is 57.3 Å². The molecule has 0 saturated carbocycles. The monoisotopic (exact) mass is 1100 g/mol. The molecule has 0 radical (unpaired) electrons. The number of ether oxygens (including phenoxy) is 9. The van der Waals surface area contributed by atoms with Crippen LogP contribution in [0.25, 0.3) is 21.5 Å². The van der Waals surface area contributed by atoms with Crippen LogP contribution in [0.1, 0.15) is 134 Å². The molecule has 0 aliphatic rings. The van der Waals surface area contributed by atoms with E-state index in [0.29, 0.717) is 109 Å². The highest BCUT2D eigenvalue weighted by atomic mass is 16.6. The van der Waals surface area contributed by atoms with Crippen molar-refractivity contribution in [2.45, 2.75) is 104 Å². The first-order chi connectivity index (χ1) is 39.3. The zero-order valence-corrected chi connectivity index (χ0v) is 46.4. The molecule has 6 aromatic carbocycles. The van der Waals surface area contributed by atoms with Crippen molar-refractivity contribution in [2.75, 3.05) is 39.6 Å². The Balaban J connectivity index is 1.01. The van der Waals surface area contributed by atoms with Crippen molar-refractivity contribution in [3.05, 3.63) is 169 Å². The molecule has 0 unspecified atom stereocenters. The molecule has 0 saturated heterocycles. The SMILES string of the molecule is C=CC(=O)OCCCCCCOc1ccc(C(=O)Oc2ccc3cc(C(=O)Oc4ccc(OC(=O)c5ccc6cc(OCCCCCCOC(=O)C(=C)C)ccc6c5)cc4CCC)ccc3c2)cc1OCCCCCCOC(=O)C=C. The number of benzene rings is 6. The molecule has 0 N–H and O–H groups in total. The van der Waals surface area contributed by atoms with Gasteiger partial charge in [0.05, 0.1) is 56.3 Å². The molecule has 0 atom stereocenters. The van der Waals surface area contributed by atoms with E-state index >= 15 is 0 Å². The molecule has 0 amide bonds. The summed E-state index contributed by atoms with van der Waals surface area (Å²) in [6.45, 7) is 16.4. The van der Waals surface area contributed by atoms with Crippen molar-refractivity contribution in [2.24, 2.45) is 0 Å². The van der Waals surface area contributed by atoms with Crippen LogP contribution < -0.4 is 28.4 Å². The predicted octanol–water partition coefficient (Wildman–Crippen LogP) is 14.0. The van der Waals surface area contributed by atoms with Crippen molar-refractivity contribution in [3.63, 3.8) is 0 Å². The van der Waals surface area contributed by atoms with Gasteiger partial charge in [-0.2, -0.15) is 0 Å². The number of hydrogen-bond donors (Lipinski definition) is 0. The number of unbranched alkanes of at least 4 members (excludes halogenated alkanes) is 9. The van der Waals surface area contributed by atoms with Gasteiger partial charge in [0.25, 0.3) is 0 Å². The first-order valence-corrected chi connectivity index (χ1v) is 27.6. The second kappa shape index (κ2) is 33.0. The topological polar surface area (TPSA) is 185 Å². The maximum atomic E-state index is 13.6. The minimum absolute atomic E-state index is 0.256. The highest BCUT2D eigenvalue weighted by Crippen LogP contribution is 2.32. The molecule has 15 heteroatoms. The molecule has 0 aromatic heterocycles. The van der Waals surface area contributed by atoms with E-state index in [0.717, 1.165) is 111 Å². The quantitative estimate of drug-likeness (QED) is 0.0120. The number of fused-ring (bicyclic) bond motifs is 2. The molecular weight excluding hydrogens is 1030 g/mol. The Labute approximate surface area is 473 Å². The third-order valence-corrected chi connectivity index (χ3v) is 12.8. The smallest absolute Gasteiger partial charge is 0.343 e. The summed E-state index contributed by atoms with van der Waals surface area (Å²) in [7, 11) is 0. The van der Waals surface area contributed by atoms with E-state index in [2.05, 4.69) is 19.7 Å². The predicted molar refractivity (Wildman–Crippen MR) is 310 cm³/mol. The van der Waals surface area contributed by atoms with E-state index in [1.165, 1.54) is 0 Å². The molecule has 0 bridgehead atoms. The summed E-state index contributed by atoms with van der Waals surface area (Å²) < 4.78 is 51.0. The Kier molecular flexibility index (Phi) is 25.1. The van der Waals surface area contributed by atoms with Crippen molar-refractivity contribution in [3.8, 4) is 34.5 Å². The molecule has 15 nitrogen and oxygen atoms in total. The average molecular weight is 1110 g/mol. The Morgan fingerprint density at radius 2 is 0.815 bits per heavy atom. The zero-order chi connectivity index (χ0) is 57.8. The van der Waals surface area contributed by atoms with Gasteiger partial charge in [0.1, 0.15) is 23.0 Å². The minimum atomic E-state index is -0.603. The molecule has 0 aliphatic heterocycles. The Morgan fingerprint density at radius 1 is 0.407 bits per heavy atom. The highest BCUT2D eigenvalue weighted by Gasteiger charge is 2.18. The van der Waals surface area contributed by atoms with Gasteiger partial charge in [0, 0.05) is 17.7 Å². The summed E-state index contributed by atoms with van der Waals surface area (Å²) in [6, 6.07) is 31.1. The summed E-state index contributed by atoms with van der Waals surface area (Å²) in [5, 5.41) is 3.20. The Bertz CT molecular complexity index is 3150. The Morgan fingerprint density at radius 3 is 1.36 bits per heavy atom. The summed E-state index contributed by atoms with van der Waals surface area (Å²) in [5.41, 5.74) is 2.04. The van der Waals surface area contributed by atoms with Crippen LogP contribution in [0.3, 0.4) is 0 Å². The fourth-order valence-corrected chi connectivity index (χ4v) is 8.37. The zero-order valence-electron chi connectivity index (χ0n) is 46.4. The number of aryl methyl sites for hydroxylation is 1. The molecule has 0 spiro atoms. The summed E-state index contributed by atoms with van der Waals surface area (Å²) in [6.07, 6.45) is 13.4. The van der Waals surface area contributed by atoms with Crippen molar-refractivity contribution < 1.29 is 71.4 Å². The summed E-state index contributed by atoms with van der Waals surface area (Å²) in [5.74, 6) is -0.374. The van der Waals surface area contributed by atoms with Gasteiger partial charge in [0.15, 0.2) is 11.5 Å². The largest absolute Gasteiger partial charge is 0.494 e. The van der Waals surface area contributed by atoms with E-state index in [1.807, 2.05) is 31.2 Å². The molecule has 426 valence electrons. The van der Waals surface area contributed by atoms with Gasteiger partial charge in [-0.3, -0.25) is 0 Å². The van der Waals surface area contributed by atoms with Crippen molar-refractivity contribution >= 4 is 57.4 Å². The summed E-state index contributed by atoms with van der Waals surface area (Å²) >= 11 is 0.